The molecule has 0 aliphatic carbocycles. The first kappa shape index (κ1) is 16.7. The van der Waals surface area contributed by atoms with Crippen LogP contribution in [0.3, 0.4) is 0 Å². The van der Waals surface area contributed by atoms with Crippen LogP contribution in [-0.4, -0.2) is 37.4 Å². The van der Waals surface area contributed by atoms with Gasteiger partial charge in [0.25, 0.3) is 0 Å². The zero-order valence-electron chi connectivity index (χ0n) is 13.9. The molecule has 26 heavy (non-hydrogen) atoms. The second-order valence-electron chi connectivity index (χ2n) is 6.15. The number of nitrogens with one attached hydrogen (secondary N) is 1. The minimum absolute atomic E-state index is 0.0172. The van der Waals surface area contributed by atoms with Gasteiger partial charge in [-0.15, -0.1) is 0 Å². The van der Waals surface area contributed by atoms with Crippen molar-refractivity contribution in [2.24, 2.45) is 5.92 Å². The zero-order valence-corrected chi connectivity index (χ0v) is 14.7. The maximum Gasteiger partial charge on any atom is 0.228 e. The number of rotatable bonds is 5. The van der Waals surface area contributed by atoms with Crippen LogP contribution >= 0.6 is 11.6 Å². The molecule has 134 valence electrons. The smallest absolute Gasteiger partial charge is 0.228 e. The molecule has 0 saturated carbocycles. The van der Waals surface area contributed by atoms with Crippen molar-refractivity contribution in [2.75, 3.05) is 6.54 Å². The van der Waals surface area contributed by atoms with Crippen LogP contribution in [0.4, 0.5) is 0 Å². The first-order chi connectivity index (χ1) is 12.7. The Labute approximate surface area is 154 Å². The molecule has 0 spiro atoms. The molecule has 1 aliphatic heterocycles. The van der Waals surface area contributed by atoms with Gasteiger partial charge < -0.3 is 9.84 Å². The van der Waals surface area contributed by atoms with E-state index in [0.717, 1.165) is 24.2 Å². The van der Waals surface area contributed by atoms with E-state index in [0.29, 0.717) is 36.2 Å². The highest BCUT2D eigenvalue weighted by molar-refractivity contribution is 6.30. The molecule has 1 atom stereocenters. The molecule has 1 amide bonds. The highest BCUT2D eigenvalue weighted by atomic mass is 35.5. The van der Waals surface area contributed by atoms with Crippen molar-refractivity contribution in [1.82, 2.24) is 30.2 Å². The number of halogens is 1. The van der Waals surface area contributed by atoms with Crippen LogP contribution in [0.5, 0.6) is 0 Å². The number of fused-ring (bicyclic) bond motifs is 1. The van der Waals surface area contributed by atoms with Gasteiger partial charge in [-0.3, -0.25) is 4.79 Å². The van der Waals surface area contributed by atoms with Gasteiger partial charge in [-0.05, 0) is 30.7 Å². The number of hydrogen-bond acceptors (Lipinski definition) is 6. The summed E-state index contributed by atoms with van der Waals surface area (Å²) in [6.07, 6.45) is 3.56. The molecular weight excluding hydrogens is 356 g/mol. The van der Waals surface area contributed by atoms with E-state index in [1.165, 1.54) is 6.33 Å². The number of carbonyl (C=O) groups excluding carboxylic acids is 1. The molecular formula is C17H17ClN6O2. The van der Waals surface area contributed by atoms with Gasteiger partial charge in [0.2, 0.25) is 17.6 Å². The zero-order chi connectivity index (χ0) is 17.9. The van der Waals surface area contributed by atoms with E-state index >= 15 is 0 Å². The summed E-state index contributed by atoms with van der Waals surface area (Å²) in [5.41, 5.74) is 0.833. The number of carbonyl (C=O) groups is 1. The van der Waals surface area contributed by atoms with E-state index in [9.17, 15) is 4.79 Å². The second-order valence-corrected chi connectivity index (χ2v) is 6.59. The van der Waals surface area contributed by atoms with E-state index in [1.54, 1.807) is 16.8 Å². The summed E-state index contributed by atoms with van der Waals surface area (Å²) >= 11 is 5.87. The first-order valence-corrected chi connectivity index (χ1v) is 8.80. The van der Waals surface area contributed by atoms with Gasteiger partial charge in [0, 0.05) is 30.0 Å². The Morgan fingerprint density at radius 2 is 2.19 bits per heavy atom. The Bertz CT molecular complexity index is 904. The van der Waals surface area contributed by atoms with Crippen LogP contribution in [0.1, 0.15) is 18.1 Å². The third-order valence-electron chi connectivity index (χ3n) is 4.38. The van der Waals surface area contributed by atoms with Crippen molar-refractivity contribution in [2.45, 2.75) is 25.8 Å². The third-order valence-corrected chi connectivity index (χ3v) is 4.64. The lowest BCUT2D eigenvalue weighted by Gasteiger charge is -2.21. The van der Waals surface area contributed by atoms with Gasteiger partial charge in [-0.25, -0.2) is 9.67 Å². The molecule has 4 rings (SSSR count). The molecule has 0 saturated heterocycles. The fourth-order valence-corrected chi connectivity index (χ4v) is 3.09. The lowest BCUT2D eigenvalue weighted by atomic mass is 9.99. The average molecular weight is 373 g/mol. The largest absolute Gasteiger partial charge is 0.355 e. The fraction of sp³-hybridized carbons (Fsp3) is 0.353. The minimum atomic E-state index is -0.0866. The third kappa shape index (κ3) is 3.60. The van der Waals surface area contributed by atoms with Crippen LogP contribution in [0, 0.1) is 5.92 Å². The summed E-state index contributed by atoms with van der Waals surface area (Å²) in [4.78, 5) is 20.8. The topological polar surface area (TPSA) is 98.7 Å². The van der Waals surface area contributed by atoms with Crippen molar-refractivity contribution < 1.29 is 9.32 Å². The lowest BCUT2D eigenvalue weighted by molar-refractivity contribution is -0.126. The molecule has 3 heterocycles. The Morgan fingerprint density at radius 3 is 3.04 bits per heavy atom. The van der Waals surface area contributed by atoms with Crippen molar-refractivity contribution in [3.63, 3.8) is 0 Å². The van der Waals surface area contributed by atoms with Crippen molar-refractivity contribution in [3.05, 3.63) is 47.3 Å². The molecule has 8 nitrogen and oxygen atoms in total. The quantitative estimate of drug-likeness (QED) is 0.734. The number of amides is 1. The number of nitrogens with zero attached hydrogens (tertiary/aromatic N) is 5. The fourth-order valence-electron chi connectivity index (χ4n) is 2.96. The number of benzene rings is 1. The highest BCUT2D eigenvalue weighted by Gasteiger charge is 2.25. The summed E-state index contributed by atoms with van der Waals surface area (Å²) in [7, 11) is 0. The second kappa shape index (κ2) is 7.25. The summed E-state index contributed by atoms with van der Waals surface area (Å²) < 4.78 is 7.04. The summed E-state index contributed by atoms with van der Waals surface area (Å²) in [5.74, 6) is 1.86. The Kier molecular flexibility index (Phi) is 4.66. The van der Waals surface area contributed by atoms with Crippen molar-refractivity contribution in [3.8, 4) is 11.4 Å². The predicted octanol–water partition coefficient (Wildman–Crippen LogP) is 1.90. The van der Waals surface area contributed by atoms with Gasteiger partial charge in [-0.1, -0.05) is 16.8 Å². The van der Waals surface area contributed by atoms with Gasteiger partial charge >= 0.3 is 0 Å². The van der Waals surface area contributed by atoms with E-state index in [1.807, 2.05) is 12.1 Å². The Balaban J connectivity index is 1.28. The van der Waals surface area contributed by atoms with Crippen LogP contribution in [0.25, 0.3) is 11.4 Å². The molecule has 9 heteroatoms. The van der Waals surface area contributed by atoms with Crippen LogP contribution in [0.2, 0.25) is 5.02 Å². The summed E-state index contributed by atoms with van der Waals surface area (Å²) in [6, 6.07) is 7.22. The van der Waals surface area contributed by atoms with E-state index in [4.69, 9.17) is 16.1 Å². The highest BCUT2D eigenvalue weighted by Crippen LogP contribution is 2.19. The average Bonchev–Trinajstić information content (AvgIpc) is 3.31. The van der Waals surface area contributed by atoms with E-state index < -0.39 is 0 Å². The molecule has 1 unspecified atom stereocenters. The molecule has 3 aromatic rings. The lowest BCUT2D eigenvalue weighted by Crippen LogP contribution is -2.37. The van der Waals surface area contributed by atoms with Crippen molar-refractivity contribution in [1.29, 1.82) is 0 Å². The van der Waals surface area contributed by atoms with Crippen LogP contribution in [-0.2, 0) is 24.2 Å². The molecule has 1 N–H and O–H groups in total. The minimum Gasteiger partial charge on any atom is -0.355 e. The van der Waals surface area contributed by atoms with Gasteiger partial charge in [0.1, 0.15) is 12.2 Å². The van der Waals surface area contributed by atoms with Crippen LogP contribution in [0.15, 0.2) is 35.1 Å². The monoisotopic (exact) mass is 372 g/mol. The predicted molar refractivity (Wildman–Crippen MR) is 93.3 cm³/mol. The SMILES string of the molecule is O=C(NCCc1nc(-c2ccc(Cl)cc2)no1)C1CCc2ncnn2C1. The summed E-state index contributed by atoms with van der Waals surface area (Å²) in [5, 5.41) is 11.7. The normalized spacial score (nSPS) is 16.3. The molecule has 1 aromatic carbocycles. The Hall–Kier alpha value is -2.74. The molecule has 2 aromatic heterocycles. The van der Waals surface area contributed by atoms with Gasteiger partial charge in [0.15, 0.2) is 0 Å². The van der Waals surface area contributed by atoms with Crippen molar-refractivity contribution >= 4 is 17.5 Å². The molecule has 0 radical (unpaired) electrons. The van der Waals surface area contributed by atoms with Crippen LogP contribution < -0.4 is 5.32 Å². The molecule has 1 aliphatic rings. The summed E-state index contributed by atoms with van der Waals surface area (Å²) in [6.45, 7) is 1.02. The standard InChI is InChI=1S/C17H17ClN6O2/c18-13-4-1-11(2-5-13)16-22-15(26-23-16)7-8-19-17(25)12-3-6-14-20-10-21-24(14)9-12/h1-2,4-5,10,12H,3,6-9H2,(H,19,25). The number of aryl methyl sites for hydroxylation is 1. The first-order valence-electron chi connectivity index (χ1n) is 8.42. The van der Waals surface area contributed by atoms with E-state index in [-0.39, 0.29) is 11.8 Å². The van der Waals surface area contributed by atoms with E-state index in [2.05, 4.69) is 25.5 Å². The molecule has 0 bridgehead atoms. The number of aromatic nitrogens is 5. The van der Waals surface area contributed by atoms with Gasteiger partial charge in [0.05, 0.1) is 12.5 Å². The molecule has 0 fully saturated rings. The maximum absolute atomic E-state index is 12.3. The Morgan fingerprint density at radius 1 is 1.35 bits per heavy atom. The van der Waals surface area contributed by atoms with Gasteiger partial charge in [-0.2, -0.15) is 10.1 Å². The number of hydrogen-bond donors (Lipinski definition) is 1. The maximum atomic E-state index is 12.3.